The predicted octanol–water partition coefficient (Wildman–Crippen LogP) is 1.15. The number of anilines is 2. The minimum Gasteiger partial charge on any atom is -0.369 e. The molecule has 1 aromatic rings. The third kappa shape index (κ3) is 6.71. The number of Topliss-reactive ketones (excluding diaryl/α,β-unsaturated/α-hetero) is 1. The van der Waals surface area contributed by atoms with Gasteiger partial charge in [0.2, 0.25) is 0 Å². The van der Waals surface area contributed by atoms with Crippen molar-refractivity contribution in [2.45, 2.75) is 20.3 Å². The number of nitrogens with zero attached hydrogens (tertiary/aromatic N) is 3. The molecular weight excluding hydrogens is 242 g/mol. The molecule has 0 atom stereocenters. The lowest BCUT2D eigenvalue weighted by molar-refractivity contribution is -0.116. The zero-order chi connectivity index (χ0) is 14.3. The predicted molar refractivity (Wildman–Crippen MR) is 77.6 cm³/mol. The lowest BCUT2D eigenvalue weighted by atomic mass is 10.3. The van der Waals surface area contributed by atoms with Crippen LogP contribution in [0.4, 0.5) is 11.6 Å². The van der Waals surface area contributed by atoms with Crippen molar-refractivity contribution in [3.63, 3.8) is 0 Å². The second kappa shape index (κ2) is 7.68. The normalized spacial score (nSPS) is 10.6. The monoisotopic (exact) mass is 265 g/mol. The number of aryl methyl sites for hydroxylation is 1. The molecule has 0 aliphatic rings. The van der Waals surface area contributed by atoms with Crippen molar-refractivity contribution in [1.82, 2.24) is 14.9 Å². The molecule has 0 saturated heterocycles. The van der Waals surface area contributed by atoms with E-state index in [1.807, 2.05) is 27.1 Å². The molecule has 0 spiro atoms. The standard InChI is InChI=1S/C13H23N5O/c1-10(19)5-6-14-12-9-13(17-11(2)16-12)15-7-8-18(3)4/h9H,5-8H2,1-4H3,(H2,14,15,16,17). The number of rotatable bonds is 8. The Balaban J connectivity index is 2.53. The van der Waals surface area contributed by atoms with E-state index >= 15 is 0 Å². The fourth-order valence-electron chi connectivity index (χ4n) is 1.52. The topological polar surface area (TPSA) is 70.2 Å². The molecule has 2 N–H and O–H groups in total. The molecule has 6 heteroatoms. The summed E-state index contributed by atoms with van der Waals surface area (Å²) in [6, 6.07) is 1.86. The molecule has 0 amide bonds. The summed E-state index contributed by atoms with van der Waals surface area (Å²) in [6.07, 6.45) is 0.506. The largest absolute Gasteiger partial charge is 0.369 e. The number of hydrogen-bond acceptors (Lipinski definition) is 6. The summed E-state index contributed by atoms with van der Waals surface area (Å²) in [5, 5.41) is 6.39. The van der Waals surface area contributed by atoms with E-state index in [1.165, 1.54) is 0 Å². The smallest absolute Gasteiger partial charge is 0.131 e. The van der Waals surface area contributed by atoms with Gasteiger partial charge in [0.1, 0.15) is 23.2 Å². The van der Waals surface area contributed by atoms with Crippen LogP contribution in [0.15, 0.2) is 6.07 Å². The van der Waals surface area contributed by atoms with Crippen molar-refractivity contribution < 1.29 is 4.79 Å². The Morgan fingerprint density at radius 3 is 2.32 bits per heavy atom. The second-order valence-electron chi connectivity index (χ2n) is 4.79. The Hall–Kier alpha value is -1.69. The Kier molecular flexibility index (Phi) is 6.21. The molecule has 0 aromatic carbocycles. The first-order valence-electron chi connectivity index (χ1n) is 6.45. The quantitative estimate of drug-likeness (QED) is 0.735. The highest BCUT2D eigenvalue weighted by atomic mass is 16.1. The van der Waals surface area contributed by atoms with E-state index in [1.54, 1.807) is 6.92 Å². The van der Waals surface area contributed by atoms with Crippen molar-refractivity contribution in [2.75, 3.05) is 44.4 Å². The average Bonchev–Trinajstić information content (AvgIpc) is 2.27. The minimum atomic E-state index is 0.169. The van der Waals surface area contributed by atoms with Crippen LogP contribution in [0.5, 0.6) is 0 Å². The fourth-order valence-corrected chi connectivity index (χ4v) is 1.52. The molecule has 1 heterocycles. The van der Waals surface area contributed by atoms with Gasteiger partial charge in [0.05, 0.1) is 0 Å². The van der Waals surface area contributed by atoms with E-state index in [0.29, 0.717) is 18.8 Å². The average molecular weight is 265 g/mol. The van der Waals surface area contributed by atoms with Gasteiger partial charge >= 0.3 is 0 Å². The number of ketones is 1. The highest BCUT2D eigenvalue weighted by Crippen LogP contribution is 2.10. The first-order valence-corrected chi connectivity index (χ1v) is 6.45. The van der Waals surface area contributed by atoms with E-state index in [9.17, 15) is 4.79 Å². The van der Waals surface area contributed by atoms with Crippen LogP contribution in [0.1, 0.15) is 19.2 Å². The van der Waals surface area contributed by atoms with Gasteiger partial charge in [-0.1, -0.05) is 0 Å². The Morgan fingerprint density at radius 1 is 1.21 bits per heavy atom. The lowest BCUT2D eigenvalue weighted by Crippen LogP contribution is -2.21. The molecule has 19 heavy (non-hydrogen) atoms. The SMILES string of the molecule is CC(=O)CCNc1cc(NCCN(C)C)nc(C)n1. The van der Waals surface area contributed by atoms with Crippen LogP contribution in [0.3, 0.4) is 0 Å². The van der Waals surface area contributed by atoms with Gasteiger partial charge < -0.3 is 15.5 Å². The van der Waals surface area contributed by atoms with Crippen LogP contribution in [0.25, 0.3) is 0 Å². The van der Waals surface area contributed by atoms with Crippen LogP contribution < -0.4 is 10.6 Å². The minimum absolute atomic E-state index is 0.169. The van der Waals surface area contributed by atoms with E-state index in [-0.39, 0.29) is 5.78 Å². The van der Waals surface area contributed by atoms with E-state index in [0.717, 1.165) is 24.7 Å². The van der Waals surface area contributed by atoms with Gasteiger partial charge in [-0.3, -0.25) is 4.79 Å². The molecule has 1 aromatic heterocycles. The van der Waals surface area contributed by atoms with Crippen LogP contribution >= 0.6 is 0 Å². The Morgan fingerprint density at radius 2 is 1.79 bits per heavy atom. The molecule has 0 aliphatic carbocycles. The summed E-state index contributed by atoms with van der Waals surface area (Å²) in [5.74, 6) is 2.43. The fraction of sp³-hybridized carbons (Fsp3) is 0.615. The number of hydrogen-bond donors (Lipinski definition) is 2. The molecule has 0 unspecified atom stereocenters. The zero-order valence-corrected chi connectivity index (χ0v) is 12.2. The maximum atomic E-state index is 10.9. The summed E-state index contributed by atoms with van der Waals surface area (Å²) in [6.45, 7) is 5.81. The third-order valence-corrected chi connectivity index (χ3v) is 2.49. The number of carbonyl (C=O) groups is 1. The number of nitrogens with one attached hydrogen (secondary N) is 2. The van der Waals surface area contributed by atoms with Crippen molar-refractivity contribution in [3.8, 4) is 0 Å². The Bertz CT molecular complexity index is 419. The van der Waals surface area contributed by atoms with Crippen LogP contribution in [-0.2, 0) is 4.79 Å². The molecule has 0 bridgehead atoms. The van der Waals surface area contributed by atoms with E-state index < -0.39 is 0 Å². The van der Waals surface area contributed by atoms with E-state index in [4.69, 9.17) is 0 Å². The molecule has 0 saturated carbocycles. The maximum absolute atomic E-state index is 10.9. The number of aromatic nitrogens is 2. The Labute approximate surface area is 114 Å². The molecule has 0 fully saturated rings. The summed E-state index contributed by atoms with van der Waals surface area (Å²) in [7, 11) is 4.06. The first-order chi connectivity index (χ1) is 8.97. The zero-order valence-electron chi connectivity index (χ0n) is 12.2. The molecule has 1 rings (SSSR count). The highest BCUT2D eigenvalue weighted by molar-refractivity contribution is 5.75. The molecule has 106 valence electrons. The number of likely N-dealkylation sites (N-methyl/N-ethyl adjacent to an activating group) is 1. The van der Waals surface area contributed by atoms with Gasteiger partial charge in [-0.15, -0.1) is 0 Å². The molecule has 0 radical (unpaired) electrons. The van der Waals surface area contributed by atoms with Gasteiger partial charge in [0.15, 0.2) is 0 Å². The number of carbonyl (C=O) groups excluding carboxylic acids is 1. The summed E-state index contributed by atoms with van der Waals surface area (Å²) >= 11 is 0. The third-order valence-electron chi connectivity index (χ3n) is 2.49. The summed E-state index contributed by atoms with van der Waals surface area (Å²) in [4.78, 5) is 21.6. The molecule has 0 aliphatic heterocycles. The van der Waals surface area contributed by atoms with E-state index in [2.05, 4.69) is 25.5 Å². The lowest BCUT2D eigenvalue weighted by Gasteiger charge is -2.12. The molecule has 6 nitrogen and oxygen atoms in total. The second-order valence-corrected chi connectivity index (χ2v) is 4.79. The maximum Gasteiger partial charge on any atom is 0.131 e. The van der Waals surface area contributed by atoms with Crippen LogP contribution in [-0.4, -0.2) is 54.4 Å². The first kappa shape index (κ1) is 15.4. The van der Waals surface area contributed by atoms with Crippen molar-refractivity contribution >= 4 is 17.4 Å². The van der Waals surface area contributed by atoms with Gasteiger partial charge in [0.25, 0.3) is 0 Å². The summed E-state index contributed by atoms with van der Waals surface area (Å²) in [5.41, 5.74) is 0. The summed E-state index contributed by atoms with van der Waals surface area (Å²) < 4.78 is 0. The van der Waals surface area contributed by atoms with Gasteiger partial charge in [-0.05, 0) is 27.9 Å². The molecular formula is C13H23N5O. The van der Waals surface area contributed by atoms with Crippen molar-refractivity contribution in [3.05, 3.63) is 11.9 Å². The van der Waals surface area contributed by atoms with Crippen molar-refractivity contribution in [1.29, 1.82) is 0 Å². The highest BCUT2D eigenvalue weighted by Gasteiger charge is 2.02. The van der Waals surface area contributed by atoms with Gasteiger partial charge in [0, 0.05) is 32.1 Å². The van der Waals surface area contributed by atoms with Gasteiger partial charge in [-0.2, -0.15) is 0 Å². The van der Waals surface area contributed by atoms with Crippen molar-refractivity contribution in [2.24, 2.45) is 0 Å². The van der Waals surface area contributed by atoms with Crippen LogP contribution in [0, 0.1) is 6.92 Å². The van der Waals surface area contributed by atoms with Crippen LogP contribution in [0.2, 0.25) is 0 Å². The van der Waals surface area contributed by atoms with Gasteiger partial charge in [-0.25, -0.2) is 9.97 Å².